The Morgan fingerprint density at radius 2 is 2.00 bits per heavy atom. The molecule has 0 aromatic heterocycles. The van der Waals surface area contributed by atoms with Crippen molar-refractivity contribution in [1.29, 1.82) is 0 Å². The number of rotatable bonds is 8. The minimum atomic E-state index is -4.95. The number of carboxylic acids is 1. The highest BCUT2D eigenvalue weighted by Crippen LogP contribution is 2.34. The first kappa shape index (κ1) is 18.0. The molecule has 0 fully saturated rings. The molecule has 19 heavy (non-hydrogen) atoms. The number of amides is 1. The molecule has 0 aliphatic carbocycles. The van der Waals surface area contributed by atoms with Gasteiger partial charge in [0.05, 0.1) is 6.61 Å². The smallest absolute Gasteiger partial charge is 0.265 e. The van der Waals surface area contributed by atoms with Crippen LogP contribution in [0.3, 0.4) is 0 Å². The van der Waals surface area contributed by atoms with Crippen LogP contribution in [-0.4, -0.2) is 41.1 Å². The summed E-state index contributed by atoms with van der Waals surface area (Å²) in [6.45, 7) is 1.84. The molecule has 1 amide bonds. The van der Waals surface area contributed by atoms with Gasteiger partial charge in [0, 0.05) is 24.3 Å². The quantitative estimate of drug-likeness (QED) is 0.402. The van der Waals surface area contributed by atoms with Crippen LogP contribution in [0, 0.1) is 5.41 Å². The summed E-state index contributed by atoms with van der Waals surface area (Å²) in [6, 6.07) is 0. The second-order valence-corrected chi connectivity index (χ2v) is 5.74. The Hall–Kier alpha value is -0.990. The van der Waals surface area contributed by atoms with Gasteiger partial charge < -0.3 is 34.6 Å². The van der Waals surface area contributed by atoms with Crippen molar-refractivity contribution in [3.05, 3.63) is 0 Å². The number of aliphatic carboxylic acids is 1. The van der Waals surface area contributed by atoms with E-state index < -0.39 is 44.2 Å². The highest BCUT2D eigenvalue weighted by molar-refractivity contribution is 7.44. The van der Waals surface area contributed by atoms with Gasteiger partial charge in [-0.05, 0) is 0 Å². The Labute approximate surface area is 109 Å². The molecule has 1 unspecified atom stereocenters. The van der Waals surface area contributed by atoms with Crippen molar-refractivity contribution in [2.45, 2.75) is 26.4 Å². The van der Waals surface area contributed by atoms with E-state index in [1.54, 1.807) is 0 Å². The topological polar surface area (TPSA) is 159 Å². The number of phosphoric ester groups is 1. The zero-order chi connectivity index (χ0) is 15.3. The van der Waals surface area contributed by atoms with Gasteiger partial charge in [0.25, 0.3) is 7.82 Å². The third kappa shape index (κ3) is 7.91. The number of hydrogen-bond acceptors (Lipinski definition) is 7. The van der Waals surface area contributed by atoms with Gasteiger partial charge in [-0.25, -0.2) is 0 Å². The first-order valence-electron chi connectivity index (χ1n) is 5.29. The standard InChI is InChI=1S/C9H18NO8P/c1-9(2,5-18-19(15,16)17)7(13)8(14)10-4-3-6(11)12/h7,13H,3-5H2,1-2H3,(H,10,14)(H,11,12)(H2,15,16,17)/p-2/t7-/m0/s1. The molecule has 112 valence electrons. The summed E-state index contributed by atoms with van der Waals surface area (Å²) in [5.41, 5.74) is -1.30. The van der Waals surface area contributed by atoms with Crippen molar-refractivity contribution in [2.24, 2.45) is 5.41 Å². The number of carboxylic acid groups (broad SMARTS) is 1. The monoisotopic (exact) mass is 297 g/mol. The van der Waals surface area contributed by atoms with Crippen LogP contribution in [0.1, 0.15) is 20.3 Å². The summed E-state index contributed by atoms with van der Waals surface area (Å²) in [4.78, 5) is 40.4. The van der Waals surface area contributed by atoms with Crippen molar-refractivity contribution in [3.63, 3.8) is 0 Å². The fourth-order valence-corrected chi connectivity index (χ4v) is 1.56. The summed E-state index contributed by atoms with van der Waals surface area (Å²) in [6.07, 6.45) is -2.05. The zero-order valence-electron chi connectivity index (χ0n) is 10.5. The molecule has 0 saturated heterocycles. The van der Waals surface area contributed by atoms with Crippen LogP contribution in [0.25, 0.3) is 0 Å². The van der Waals surface area contributed by atoms with Crippen LogP contribution >= 0.6 is 7.82 Å². The van der Waals surface area contributed by atoms with Gasteiger partial charge in [-0.3, -0.25) is 9.36 Å². The van der Waals surface area contributed by atoms with Crippen molar-refractivity contribution in [1.82, 2.24) is 5.32 Å². The first-order chi connectivity index (χ1) is 8.46. The Morgan fingerprint density at radius 3 is 2.42 bits per heavy atom. The molecule has 3 N–H and O–H groups in total. The largest absolute Gasteiger partial charge is 0.756 e. The number of hydrogen-bond donors (Lipinski definition) is 3. The van der Waals surface area contributed by atoms with Gasteiger partial charge in [-0.15, -0.1) is 0 Å². The van der Waals surface area contributed by atoms with E-state index in [9.17, 15) is 29.3 Å². The normalized spacial score (nSPS) is 16.5. The van der Waals surface area contributed by atoms with Crippen LogP contribution in [0.2, 0.25) is 0 Å². The minimum Gasteiger partial charge on any atom is -0.756 e. The van der Waals surface area contributed by atoms with Crippen LogP contribution < -0.4 is 15.3 Å². The lowest BCUT2D eigenvalue weighted by molar-refractivity contribution is -0.305. The van der Waals surface area contributed by atoms with Gasteiger partial charge in [-0.1, -0.05) is 13.8 Å². The summed E-state index contributed by atoms with van der Waals surface area (Å²) < 4.78 is 14.5. The molecule has 0 aliphatic heterocycles. The molecular weight excluding hydrogens is 281 g/mol. The average molecular weight is 297 g/mol. The second kappa shape index (κ2) is 6.97. The second-order valence-electron chi connectivity index (χ2n) is 4.55. The number of phosphoric acid groups is 1. The fraction of sp³-hybridized carbons (Fsp3) is 0.778. The van der Waals surface area contributed by atoms with E-state index in [-0.39, 0.29) is 6.54 Å². The Bertz CT molecular complexity index is 376. The fourth-order valence-electron chi connectivity index (χ4n) is 1.07. The van der Waals surface area contributed by atoms with Gasteiger partial charge >= 0.3 is 0 Å². The lowest BCUT2D eigenvalue weighted by atomic mass is 9.87. The molecule has 0 spiro atoms. The Kier molecular flexibility index (Phi) is 6.61. The van der Waals surface area contributed by atoms with E-state index in [0.717, 1.165) is 0 Å². The Balaban J connectivity index is 4.35. The highest BCUT2D eigenvalue weighted by atomic mass is 31.2. The first-order valence-corrected chi connectivity index (χ1v) is 6.79. The molecule has 0 heterocycles. The van der Waals surface area contributed by atoms with E-state index in [1.165, 1.54) is 13.8 Å². The lowest BCUT2D eigenvalue weighted by Gasteiger charge is -2.31. The van der Waals surface area contributed by atoms with Crippen LogP contribution in [-0.2, 0) is 18.7 Å². The highest BCUT2D eigenvalue weighted by Gasteiger charge is 2.34. The van der Waals surface area contributed by atoms with E-state index in [0.29, 0.717) is 0 Å². The molecule has 0 aliphatic rings. The zero-order valence-corrected chi connectivity index (χ0v) is 11.4. The van der Waals surface area contributed by atoms with E-state index in [4.69, 9.17) is 4.89 Å². The molecule has 9 nitrogen and oxygen atoms in total. The number of aliphatic hydroxyl groups excluding tert-OH is 1. The summed E-state index contributed by atoms with van der Waals surface area (Å²) in [7, 11) is -4.95. The van der Waals surface area contributed by atoms with Crippen LogP contribution in [0.15, 0.2) is 0 Å². The summed E-state index contributed by atoms with van der Waals surface area (Å²) >= 11 is 0. The van der Waals surface area contributed by atoms with Gasteiger partial charge in [0.15, 0.2) is 0 Å². The molecule has 0 rings (SSSR count). The number of aliphatic hydroxyl groups is 1. The predicted octanol–water partition coefficient (Wildman–Crippen LogP) is -2.89. The molecule has 10 heteroatoms. The molecular formula is C9H16NO8P-2. The summed E-state index contributed by atoms with van der Waals surface area (Å²) in [5.74, 6) is -2.24. The SMILES string of the molecule is CC(C)(COP(=O)([O-])O)[C@@H](O)C(=O)NCCC(=O)[O-]. The molecule has 0 aromatic rings. The maximum Gasteiger partial charge on any atom is 0.265 e. The number of carbonyl (C=O) groups is 2. The van der Waals surface area contributed by atoms with Crippen molar-refractivity contribution in [2.75, 3.05) is 13.2 Å². The third-order valence-electron chi connectivity index (χ3n) is 2.22. The number of nitrogens with one attached hydrogen (secondary N) is 1. The van der Waals surface area contributed by atoms with Crippen molar-refractivity contribution >= 4 is 19.7 Å². The van der Waals surface area contributed by atoms with Crippen LogP contribution in [0.4, 0.5) is 0 Å². The van der Waals surface area contributed by atoms with Gasteiger partial charge in [0.1, 0.15) is 6.10 Å². The number of carbonyl (C=O) groups excluding carboxylic acids is 2. The molecule has 0 saturated carbocycles. The molecule has 2 atom stereocenters. The third-order valence-corrected chi connectivity index (χ3v) is 2.67. The minimum absolute atomic E-state index is 0.227. The van der Waals surface area contributed by atoms with Crippen LogP contribution in [0.5, 0.6) is 0 Å². The van der Waals surface area contributed by atoms with Crippen molar-refractivity contribution in [3.8, 4) is 0 Å². The summed E-state index contributed by atoms with van der Waals surface area (Å²) in [5, 5.41) is 21.9. The average Bonchev–Trinajstić information content (AvgIpc) is 2.24. The molecule has 0 aromatic carbocycles. The van der Waals surface area contributed by atoms with Gasteiger partial charge in [0.2, 0.25) is 5.91 Å². The van der Waals surface area contributed by atoms with E-state index in [2.05, 4.69) is 9.84 Å². The maximum absolute atomic E-state index is 11.5. The molecule has 0 bridgehead atoms. The van der Waals surface area contributed by atoms with Gasteiger partial charge in [-0.2, -0.15) is 0 Å². The van der Waals surface area contributed by atoms with Crippen molar-refractivity contribution < 1.29 is 38.7 Å². The van der Waals surface area contributed by atoms with E-state index >= 15 is 0 Å². The predicted molar refractivity (Wildman–Crippen MR) is 58.2 cm³/mol. The Morgan fingerprint density at radius 1 is 1.47 bits per heavy atom. The maximum atomic E-state index is 11.5. The lowest BCUT2D eigenvalue weighted by Crippen LogP contribution is -2.46. The van der Waals surface area contributed by atoms with E-state index in [1.807, 2.05) is 0 Å². The molecule has 0 radical (unpaired) electrons.